The molecule has 0 fully saturated rings. The van der Waals surface area contributed by atoms with Crippen molar-refractivity contribution in [3.63, 3.8) is 0 Å². The largest absolute Gasteiger partial charge is 0.273 e. The van der Waals surface area contributed by atoms with Gasteiger partial charge in [0.15, 0.2) is 9.84 Å². The minimum atomic E-state index is -3.49. The molecule has 6 nitrogen and oxygen atoms in total. The molecule has 1 heterocycles. The van der Waals surface area contributed by atoms with E-state index in [9.17, 15) is 13.2 Å². The summed E-state index contributed by atoms with van der Waals surface area (Å²) in [7, 11) is -3.49. The summed E-state index contributed by atoms with van der Waals surface area (Å²) in [5, 5.41) is 0.536. The molecular formula is C17H17N3O3S2. The zero-order valence-electron chi connectivity index (χ0n) is 13.7. The van der Waals surface area contributed by atoms with Gasteiger partial charge in [0.05, 0.1) is 20.7 Å². The summed E-state index contributed by atoms with van der Waals surface area (Å²) in [6.45, 7) is 2.08. The van der Waals surface area contributed by atoms with Crippen LogP contribution in [0, 0.1) is 0 Å². The van der Waals surface area contributed by atoms with E-state index in [0.29, 0.717) is 5.13 Å². The van der Waals surface area contributed by atoms with Crippen LogP contribution in [0.25, 0.3) is 10.2 Å². The summed E-state index contributed by atoms with van der Waals surface area (Å²) in [5.74, 6) is -0.533. The average Bonchev–Trinajstić information content (AvgIpc) is 3.00. The van der Waals surface area contributed by atoms with Crippen molar-refractivity contribution in [1.29, 1.82) is 0 Å². The van der Waals surface area contributed by atoms with Gasteiger partial charge in [-0.05, 0) is 36.2 Å². The maximum Gasteiger partial charge on any atom is 0.270 e. The molecular weight excluding hydrogens is 358 g/mol. The Hall–Kier alpha value is -2.45. The fourth-order valence-corrected chi connectivity index (χ4v) is 4.17. The van der Waals surface area contributed by atoms with Crippen molar-refractivity contribution >= 4 is 42.4 Å². The van der Waals surface area contributed by atoms with Crippen LogP contribution in [0.3, 0.4) is 0 Å². The third-order valence-corrected chi connectivity index (χ3v) is 5.76. The van der Waals surface area contributed by atoms with Crippen molar-refractivity contribution in [2.24, 2.45) is 0 Å². The molecule has 0 aliphatic carbocycles. The maximum atomic E-state index is 12.3. The second-order valence-electron chi connectivity index (χ2n) is 5.52. The van der Waals surface area contributed by atoms with Crippen molar-refractivity contribution in [3.8, 4) is 0 Å². The highest BCUT2D eigenvalue weighted by molar-refractivity contribution is 7.90. The second kappa shape index (κ2) is 6.81. The first-order chi connectivity index (χ1) is 11.9. The van der Waals surface area contributed by atoms with E-state index in [1.165, 1.54) is 29.0 Å². The number of anilines is 1. The van der Waals surface area contributed by atoms with Crippen LogP contribution in [0.15, 0.2) is 47.4 Å². The number of sulfone groups is 1. The lowest BCUT2D eigenvalue weighted by atomic mass is 10.2. The van der Waals surface area contributed by atoms with Crippen LogP contribution in [-0.4, -0.2) is 25.6 Å². The molecule has 0 saturated heterocycles. The van der Waals surface area contributed by atoms with Gasteiger partial charge >= 0.3 is 0 Å². The number of rotatable bonds is 5. The average molecular weight is 375 g/mol. The molecule has 0 unspecified atom stereocenters. The topological polar surface area (TPSA) is 88.2 Å². The Morgan fingerprint density at radius 1 is 1.20 bits per heavy atom. The predicted molar refractivity (Wildman–Crippen MR) is 99.6 cm³/mol. The number of benzene rings is 2. The van der Waals surface area contributed by atoms with Gasteiger partial charge in [0.25, 0.3) is 5.91 Å². The molecule has 1 amide bonds. The van der Waals surface area contributed by atoms with Crippen molar-refractivity contribution in [3.05, 3.63) is 53.6 Å². The van der Waals surface area contributed by atoms with E-state index in [4.69, 9.17) is 0 Å². The summed E-state index contributed by atoms with van der Waals surface area (Å²) in [4.78, 5) is 16.7. The highest BCUT2D eigenvalue weighted by Crippen LogP contribution is 2.26. The SMILES string of the molecule is CCc1ccc2nc(NNC(=O)c3ccccc3S(C)(=O)=O)sc2c1. The minimum absolute atomic E-state index is 0.00816. The van der Waals surface area contributed by atoms with E-state index >= 15 is 0 Å². The zero-order valence-corrected chi connectivity index (χ0v) is 15.4. The van der Waals surface area contributed by atoms with Crippen LogP contribution in [0.5, 0.6) is 0 Å². The number of hydrogen-bond donors (Lipinski definition) is 2. The number of aryl methyl sites for hydroxylation is 1. The van der Waals surface area contributed by atoms with Gasteiger partial charge in [0.1, 0.15) is 0 Å². The van der Waals surface area contributed by atoms with Crippen LogP contribution >= 0.6 is 11.3 Å². The Morgan fingerprint density at radius 2 is 1.96 bits per heavy atom. The smallest absolute Gasteiger partial charge is 0.270 e. The number of thiazole rings is 1. The number of nitrogens with zero attached hydrogens (tertiary/aromatic N) is 1. The Morgan fingerprint density at radius 3 is 2.68 bits per heavy atom. The first-order valence-electron chi connectivity index (χ1n) is 7.63. The van der Waals surface area contributed by atoms with E-state index in [1.54, 1.807) is 12.1 Å². The monoisotopic (exact) mass is 375 g/mol. The van der Waals surface area contributed by atoms with Gasteiger partial charge in [0, 0.05) is 6.26 Å². The third-order valence-electron chi connectivity index (χ3n) is 3.68. The Labute approximate surface area is 149 Å². The van der Waals surface area contributed by atoms with Crippen molar-refractivity contribution < 1.29 is 13.2 Å². The number of nitrogens with one attached hydrogen (secondary N) is 2. The summed E-state index contributed by atoms with van der Waals surface area (Å²) in [6, 6.07) is 12.1. The molecule has 0 radical (unpaired) electrons. The van der Waals surface area contributed by atoms with Gasteiger partial charge in [-0.1, -0.05) is 36.5 Å². The van der Waals surface area contributed by atoms with Crippen LogP contribution in [0.4, 0.5) is 5.13 Å². The quantitative estimate of drug-likeness (QED) is 0.669. The van der Waals surface area contributed by atoms with Crippen LogP contribution in [0.2, 0.25) is 0 Å². The molecule has 25 heavy (non-hydrogen) atoms. The van der Waals surface area contributed by atoms with E-state index in [2.05, 4.69) is 28.8 Å². The summed E-state index contributed by atoms with van der Waals surface area (Å²) in [6.07, 6.45) is 2.01. The van der Waals surface area contributed by atoms with Crippen molar-refractivity contribution in [2.75, 3.05) is 11.7 Å². The number of carbonyl (C=O) groups excluding carboxylic acids is 1. The maximum absolute atomic E-state index is 12.3. The predicted octanol–water partition coefficient (Wildman–Crippen LogP) is 3.02. The molecule has 2 aromatic carbocycles. The summed E-state index contributed by atoms with van der Waals surface area (Å²) < 4.78 is 24.6. The Kier molecular flexibility index (Phi) is 4.73. The van der Waals surface area contributed by atoms with Gasteiger partial charge in [0.2, 0.25) is 5.13 Å². The lowest BCUT2D eigenvalue weighted by Crippen LogP contribution is -2.30. The van der Waals surface area contributed by atoms with E-state index in [1.807, 2.05) is 12.1 Å². The molecule has 3 rings (SSSR count). The van der Waals surface area contributed by atoms with Gasteiger partial charge in [-0.3, -0.25) is 15.6 Å². The van der Waals surface area contributed by atoms with E-state index in [0.717, 1.165) is 22.9 Å². The minimum Gasteiger partial charge on any atom is -0.273 e. The van der Waals surface area contributed by atoms with Crippen molar-refractivity contribution in [1.82, 2.24) is 10.4 Å². The molecule has 0 bridgehead atoms. The van der Waals surface area contributed by atoms with E-state index in [-0.39, 0.29) is 10.5 Å². The van der Waals surface area contributed by atoms with Crippen LogP contribution in [-0.2, 0) is 16.3 Å². The number of fused-ring (bicyclic) bond motifs is 1. The molecule has 0 aliphatic rings. The zero-order chi connectivity index (χ0) is 18.0. The van der Waals surface area contributed by atoms with E-state index < -0.39 is 15.7 Å². The number of carbonyl (C=O) groups is 1. The standard InChI is InChI=1S/C17H17N3O3S2/c1-3-11-8-9-13-14(10-11)24-17(18-13)20-19-16(21)12-6-4-5-7-15(12)25(2,22)23/h4-10H,3H2,1-2H3,(H,18,20)(H,19,21). The fourth-order valence-electron chi connectivity index (χ4n) is 2.40. The molecule has 8 heteroatoms. The number of amides is 1. The third kappa shape index (κ3) is 3.80. The summed E-state index contributed by atoms with van der Waals surface area (Å²) in [5.41, 5.74) is 7.42. The van der Waals surface area contributed by atoms with Crippen LogP contribution in [0.1, 0.15) is 22.8 Å². The summed E-state index contributed by atoms with van der Waals surface area (Å²) >= 11 is 1.42. The normalized spacial score (nSPS) is 11.4. The molecule has 2 N–H and O–H groups in total. The van der Waals surface area contributed by atoms with Gasteiger partial charge in [-0.2, -0.15) is 0 Å². The number of aromatic nitrogens is 1. The molecule has 0 spiro atoms. The molecule has 130 valence electrons. The number of hydrogen-bond acceptors (Lipinski definition) is 6. The molecule has 0 saturated carbocycles. The first kappa shape index (κ1) is 17.4. The highest BCUT2D eigenvalue weighted by Gasteiger charge is 2.18. The second-order valence-corrected chi connectivity index (χ2v) is 8.54. The van der Waals surface area contributed by atoms with Gasteiger partial charge < -0.3 is 0 Å². The van der Waals surface area contributed by atoms with Crippen molar-refractivity contribution in [2.45, 2.75) is 18.2 Å². The van der Waals surface area contributed by atoms with Gasteiger partial charge in [-0.25, -0.2) is 13.4 Å². The lowest BCUT2D eigenvalue weighted by Gasteiger charge is -2.08. The highest BCUT2D eigenvalue weighted by atomic mass is 32.2. The lowest BCUT2D eigenvalue weighted by molar-refractivity contribution is 0.0959. The Balaban J connectivity index is 1.79. The molecule has 1 aromatic heterocycles. The molecule has 3 aromatic rings. The first-order valence-corrected chi connectivity index (χ1v) is 10.3. The molecule has 0 atom stereocenters. The Bertz CT molecular complexity index is 1040. The number of hydrazine groups is 1. The van der Waals surface area contributed by atoms with Crippen LogP contribution < -0.4 is 10.9 Å². The van der Waals surface area contributed by atoms with Gasteiger partial charge in [-0.15, -0.1) is 0 Å². The fraction of sp³-hybridized carbons (Fsp3) is 0.176. The molecule has 0 aliphatic heterocycles.